The molecule has 0 atom stereocenters. The molecule has 0 fully saturated rings. The second kappa shape index (κ2) is 14.4. The zero-order chi connectivity index (χ0) is 31.8. The van der Waals surface area contributed by atoms with Crippen LogP contribution in [-0.4, -0.2) is 87.0 Å². The molecule has 2 aromatic carbocycles. The number of H-pyrrole nitrogens is 2. The molecule has 0 unspecified atom stereocenters. The fourth-order valence-electron chi connectivity index (χ4n) is 6.14. The van der Waals surface area contributed by atoms with Gasteiger partial charge in [-0.1, -0.05) is 36.4 Å². The molecule has 0 aliphatic rings. The molecule has 13 nitrogen and oxygen atoms in total. The lowest BCUT2D eigenvalue weighted by molar-refractivity contribution is 0.210. The van der Waals surface area contributed by atoms with Crippen molar-refractivity contribution in [3.05, 3.63) is 97.6 Å². The van der Waals surface area contributed by atoms with Gasteiger partial charge >= 0.3 is 0 Å². The average molecular weight is 630 g/mol. The second-order valence-electron chi connectivity index (χ2n) is 11.7. The van der Waals surface area contributed by atoms with Crippen molar-refractivity contribution >= 4 is 44.5 Å². The number of aromatic amines is 2. The Balaban J connectivity index is 0.984. The quantitative estimate of drug-likeness (QED) is 0.0889. The first-order valence-electron chi connectivity index (χ1n) is 16.0. The Morgan fingerprint density at radius 2 is 1.38 bits per heavy atom. The minimum absolute atomic E-state index is 0.401. The van der Waals surface area contributed by atoms with Crippen LogP contribution in [0.1, 0.15) is 24.2 Å². The zero-order valence-electron chi connectivity index (χ0n) is 26.3. The number of anilines is 2. The van der Waals surface area contributed by atoms with Crippen LogP contribution < -0.4 is 11.1 Å². The van der Waals surface area contributed by atoms with Gasteiger partial charge in [-0.3, -0.25) is 9.80 Å². The summed E-state index contributed by atoms with van der Waals surface area (Å²) in [5.41, 5.74) is 12.8. The van der Waals surface area contributed by atoms with Crippen molar-refractivity contribution in [2.24, 2.45) is 0 Å². The van der Waals surface area contributed by atoms with Gasteiger partial charge in [-0.15, -0.1) is 0 Å². The van der Waals surface area contributed by atoms with Crippen molar-refractivity contribution in [2.75, 3.05) is 43.8 Å². The topological polar surface area (TPSA) is 158 Å². The number of nitrogen functional groups attached to an aromatic ring is 1. The Labute approximate surface area is 272 Å². The predicted octanol–water partition coefficient (Wildman–Crippen LogP) is 4.45. The van der Waals surface area contributed by atoms with Crippen LogP contribution in [-0.2, 0) is 19.6 Å². The molecule has 7 rings (SSSR count). The van der Waals surface area contributed by atoms with E-state index < -0.39 is 0 Å². The van der Waals surface area contributed by atoms with Crippen molar-refractivity contribution in [3.8, 4) is 0 Å². The maximum Gasteiger partial charge on any atom is 0.165 e. The Bertz CT molecular complexity index is 1960. The van der Waals surface area contributed by atoms with Gasteiger partial charge in [0.2, 0.25) is 0 Å². The first-order valence-corrected chi connectivity index (χ1v) is 16.0. The van der Waals surface area contributed by atoms with Crippen molar-refractivity contribution < 1.29 is 0 Å². The van der Waals surface area contributed by atoms with Crippen molar-refractivity contribution in [2.45, 2.75) is 32.5 Å². The van der Waals surface area contributed by atoms with Crippen LogP contribution in [0.15, 0.2) is 86.2 Å². The highest BCUT2D eigenvalue weighted by molar-refractivity contribution is 6.07. The van der Waals surface area contributed by atoms with Crippen molar-refractivity contribution in [3.63, 3.8) is 0 Å². The largest absolute Gasteiger partial charge is 0.384 e. The molecule has 0 amide bonds. The lowest BCUT2D eigenvalue weighted by atomic mass is 10.1. The molecule has 13 heteroatoms. The Hall–Kier alpha value is -5.40. The van der Waals surface area contributed by atoms with E-state index in [1.807, 2.05) is 29.1 Å². The summed E-state index contributed by atoms with van der Waals surface area (Å²) in [6.45, 7) is 6.86. The van der Waals surface area contributed by atoms with Crippen LogP contribution in [0.25, 0.3) is 33.0 Å². The molecule has 0 spiro atoms. The van der Waals surface area contributed by atoms with E-state index in [9.17, 15) is 0 Å². The van der Waals surface area contributed by atoms with Gasteiger partial charge in [0.25, 0.3) is 0 Å². The third-order valence-corrected chi connectivity index (χ3v) is 8.47. The number of fused-ring (bicyclic) bond motifs is 3. The van der Waals surface area contributed by atoms with Gasteiger partial charge in [0.15, 0.2) is 11.5 Å². The van der Waals surface area contributed by atoms with Gasteiger partial charge in [0.1, 0.15) is 11.8 Å². The summed E-state index contributed by atoms with van der Waals surface area (Å²) in [4.78, 5) is 37.8. The summed E-state index contributed by atoms with van der Waals surface area (Å²) in [6.07, 6.45) is 12.6. The number of aromatic nitrogens is 9. The van der Waals surface area contributed by atoms with E-state index in [4.69, 9.17) is 10.7 Å². The van der Waals surface area contributed by atoms with Crippen molar-refractivity contribution in [1.82, 2.24) is 54.2 Å². The number of nitrogens with two attached hydrogens (primary N) is 1. The average Bonchev–Trinajstić information content (AvgIpc) is 3.89. The highest BCUT2D eigenvalue weighted by Gasteiger charge is 2.14. The van der Waals surface area contributed by atoms with Crippen LogP contribution in [0.4, 0.5) is 11.5 Å². The minimum Gasteiger partial charge on any atom is -0.384 e. The number of nitrogens with zero attached hydrogens (tertiary/aromatic N) is 9. The molecular weight excluding hydrogens is 590 g/mol. The number of nitrogens with one attached hydrogen (secondary N) is 3. The van der Waals surface area contributed by atoms with Crippen LogP contribution in [0, 0.1) is 0 Å². The standard InChI is InChI=1S/C34H39N13/c35-33-32-34(42-23-41-33)47(24-43-32)16-15-46(20-26-18-37-22-40-26)14-6-13-45(19-25-17-36-21-39-25)12-5-11-38-31-27-7-1-3-9-29(27)44-30-10-4-2-8-28(30)31/h1-4,7-10,17-18,21-24H,5-6,11-16,19-20H2,(H,36,39)(H,37,40)(H,38,44)(H2,35,41,42). The molecule has 0 saturated heterocycles. The molecule has 7 aromatic rings. The monoisotopic (exact) mass is 629 g/mol. The fraction of sp³-hybridized carbons (Fsp3) is 0.294. The Kier molecular flexibility index (Phi) is 9.24. The molecular formula is C34H39N13. The molecule has 5 heterocycles. The number of pyridine rings is 1. The van der Waals surface area contributed by atoms with Crippen LogP contribution in [0.5, 0.6) is 0 Å². The smallest absolute Gasteiger partial charge is 0.165 e. The third kappa shape index (κ3) is 7.21. The summed E-state index contributed by atoms with van der Waals surface area (Å²) >= 11 is 0. The van der Waals surface area contributed by atoms with Crippen LogP contribution in [0.3, 0.4) is 0 Å². The lowest BCUT2D eigenvalue weighted by Crippen LogP contribution is -2.32. The molecule has 0 radical (unpaired) electrons. The molecule has 0 aliphatic carbocycles. The molecule has 0 bridgehead atoms. The minimum atomic E-state index is 0.401. The lowest BCUT2D eigenvalue weighted by Gasteiger charge is -2.26. The molecule has 5 N–H and O–H groups in total. The predicted molar refractivity (Wildman–Crippen MR) is 184 cm³/mol. The number of imidazole rings is 3. The first-order chi connectivity index (χ1) is 23.2. The number of benzene rings is 2. The highest BCUT2D eigenvalue weighted by atomic mass is 15.2. The summed E-state index contributed by atoms with van der Waals surface area (Å²) in [7, 11) is 0. The summed E-state index contributed by atoms with van der Waals surface area (Å²) in [6, 6.07) is 16.7. The van der Waals surface area contributed by atoms with E-state index in [1.165, 1.54) is 6.33 Å². The highest BCUT2D eigenvalue weighted by Crippen LogP contribution is 2.30. The maximum absolute atomic E-state index is 6.01. The van der Waals surface area contributed by atoms with Crippen molar-refractivity contribution in [1.29, 1.82) is 0 Å². The third-order valence-electron chi connectivity index (χ3n) is 8.47. The van der Waals surface area contributed by atoms with Gasteiger partial charge < -0.3 is 25.6 Å². The second-order valence-corrected chi connectivity index (χ2v) is 11.7. The van der Waals surface area contributed by atoms with Gasteiger partial charge in [-0.2, -0.15) is 0 Å². The van der Waals surface area contributed by atoms with E-state index >= 15 is 0 Å². The fourth-order valence-corrected chi connectivity index (χ4v) is 6.14. The SMILES string of the molecule is Nc1ncnc2c1ncn2CCN(CCCN(CCCNc1c2ccccc2nc2ccccc12)Cc1cnc[nH]1)Cc1cnc[nH]1. The van der Waals surface area contributed by atoms with Gasteiger partial charge in [0.05, 0.1) is 35.7 Å². The first kappa shape index (κ1) is 30.3. The molecule has 0 aliphatic heterocycles. The van der Waals surface area contributed by atoms with Crippen LogP contribution >= 0.6 is 0 Å². The van der Waals surface area contributed by atoms with E-state index in [2.05, 4.69) is 86.4 Å². The number of para-hydroxylation sites is 2. The molecule has 240 valence electrons. The summed E-state index contributed by atoms with van der Waals surface area (Å²) in [5, 5.41) is 6.06. The van der Waals surface area contributed by atoms with E-state index in [1.54, 1.807) is 19.0 Å². The van der Waals surface area contributed by atoms with Crippen LogP contribution in [0.2, 0.25) is 0 Å². The van der Waals surface area contributed by atoms with Gasteiger partial charge in [-0.25, -0.2) is 29.9 Å². The summed E-state index contributed by atoms with van der Waals surface area (Å²) < 4.78 is 2.04. The normalized spacial score (nSPS) is 11.9. The van der Waals surface area contributed by atoms with E-state index in [0.29, 0.717) is 11.3 Å². The van der Waals surface area contributed by atoms with Gasteiger partial charge in [-0.05, 0) is 38.1 Å². The Morgan fingerprint density at radius 3 is 2.04 bits per heavy atom. The van der Waals surface area contributed by atoms with E-state index in [-0.39, 0.29) is 0 Å². The number of hydrogen-bond donors (Lipinski definition) is 4. The van der Waals surface area contributed by atoms with Gasteiger partial charge in [0, 0.05) is 73.8 Å². The summed E-state index contributed by atoms with van der Waals surface area (Å²) in [5.74, 6) is 0.401. The zero-order valence-corrected chi connectivity index (χ0v) is 26.3. The molecule has 0 saturated carbocycles. The number of hydrogen-bond acceptors (Lipinski definition) is 10. The number of rotatable bonds is 16. The molecule has 5 aromatic heterocycles. The Morgan fingerprint density at radius 1 is 0.745 bits per heavy atom. The molecule has 47 heavy (non-hydrogen) atoms. The van der Waals surface area contributed by atoms with E-state index in [0.717, 1.165) is 110 Å². The maximum atomic E-state index is 6.01.